The largest absolute Gasteiger partial charge is 0.493 e. The molecule has 0 aliphatic carbocycles. The minimum Gasteiger partial charge on any atom is -0.493 e. The number of ether oxygens (including phenoxy) is 3. The van der Waals surface area contributed by atoms with Gasteiger partial charge in [-0.05, 0) is 24.6 Å². The van der Waals surface area contributed by atoms with E-state index >= 15 is 0 Å². The lowest BCUT2D eigenvalue weighted by Gasteiger charge is -2.37. The van der Waals surface area contributed by atoms with E-state index in [1.807, 2.05) is 24.3 Å². The summed E-state index contributed by atoms with van der Waals surface area (Å²) in [5, 5.41) is 3.43. The molecule has 2 aromatic carbocycles. The first-order valence-corrected chi connectivity index (χ1v) is 10.4. The van der Waals surface area contributed by atoms with Crippen LogP contribution < -0.4 is 24.4 Å². The molecule has 0 atom stereocenters. The van der Waals surface area contributed by atoms with E-state index in [9.17, 15) is 4.39 Å². The fourth-order valence-corrected chi connectivity index (χ4v) is 3.87. The monoisotopic (exact) mass is 558 g/mol. The Morgan fingerprint density at radius 1 is 0.969 bits per heavy atom. The number of nitrogens with one attached hydrogen (secondary N) is 1. The quantitative estimate of drug-likeness (QED) is 0.320. The van der Waals surface area contributed by atoms with Crippen LogP contribution in [0.5, 0.6) is 17.2 Å². The van der Waals surface area contributed by atoms with Crippen molar-refractivity contribution in [2.45, 2.75) is 6.42 Å². The molecule has 0 amide bonds. The summed E-state index contributed by atoms with van der Waals surface area (Å²) >= 11 is 0. The normalized spacial score (nSPS) is 14.0. The van der Waals surface area contributed by atoms with Crippen molar-refractivity contribution in [1.82, 2.24) is 10.2 Å². The third kappa shape index (κ3) is 5.87. The van der Waals surface area contributed by atoms with Crippen LogP contribution in [0.1, 0.15) is 5.56 Å². The number of benzene rings is 2. The molecule has 1 heterocycles. The van der Waals surface area contributed by atoms with Gasteiger partial charge in [-0.1, -0.05) is 18.2 Å². The molecule has 9 heteroatoms. The maximum absolute atomic E-state index is 14.1. The van der Waals surface area contributed by atoms with Gasteiger partial charge in [0.15, 0.2) is 17.5 Å². The minimum absolute atomic E-state index is 0. The molecule has 0 unspecified atom stereocenters. The summed E-state index contributed by atoms with van der Waals surface area (Å²) in [6, 6.07) is 10.8. The van der Waals surface area contributed by atoms with Gasteiger partial charge in [0.1, 0.15) is 5.82 Å². The number of halogens is 2. The van der Waals surface area contributed by atoms with E-state index in [1.165, 1.54) is 6.07 Å². The number of nitrogens with zero attached hydrogens (tertiary/aromatic N) is 3. The van der Waals surface area contributed by atoms with E-state index in [4.69, 9.17) is 14.2 Å². The Labute approximate surface area is 206 Å². The average Bonchev–Trinajstić information content (AvgIpc) is 2.81. The topological polar surface area (TPSA) is 58.6 Å². The second kappa shape index (κ2) is 12.6. The summed E-state index contributed by atoms with van der Waals surface area (Å²) in [6.07, 6.45) is 0.734. The second-order valence-electron chi connectivity index (χ2n) is 7.14. The van der Waals surface area contributed by atoms with Crippen LogP contribution in [-0.2, 0) is 6.42 Å². The smallest absolute Gasteiger partial charge is 0.203 e. The van der Waals surface area contributed by atoms with Crippen LogP contribution in [0, 0.1) is 5.82 Å². The van der Waals surface area contributed by atoms with Crippen molar-refractivity contribution < 1.29 is 18.6 Å². The molecular formula is C23H32FIN4O3. The Morgan fingerprint density at radius 3 is 2.25 bits per heavy atom. The zero-order chi connectivity index (χ0) is 22.2. The molecule has 1 aliphatic heterocycles. The molecule has 1 fully saturated rings. The van der Waals surface area contributed by atoms with E-state index < -0.39 is 0 Å². The van der Waals surface area contributed by atoms with Gasteiger partial charge in [-0.25, -0.2) is 4.39 Å². The lowest BCUT2D eigenvalue weighted by atomic mass is 10.1. The standard InChI is InChI=1S/C23H31FN4O3.HI/c1-25-23(28-15-13-27(14-16-28)19-8-6-5-7-18(19)24)26-12-11-17-9-10-20(29-2)22(31-4)21(17)30-3;/h5-10H,11-16H2,1-4H3,(H,25,26);1H. The van der Waals surface area contributed by atoms with Crippen LogP contribution in [0.4, 0.5) is 10.1 Å². The lowest BCUT2D eigenvalue weighted by Crippen LogP contribution is -2.53. The van der Waals surface area contributed by atoms with Gasteiger partial charge >= 0.3 is 0 Å². The summed E-state index contributed by atoms with van der Waals surface area (Å²) in [7, 11) is 6.62. The van der Waals surface area contributed by atoms with Crippen molar-refractivity contribution in [1.29, 1.82) is 0 Å². The van der Waals surface area contributed by atoms with Gasteiger partial charge < -0.3 is 29.3 Å². The lowest BCUT2D eigenvalue weighted by molar-refractivity contribution is 0.322. The number of hydrogen-bond acceptors (Lipinski definition) is 5. The molecule has 1 N–H and O–H groups in total. The second-order valence-corrected chi connectivity index (χ2v) is 7.14. The van der Waals surface area contributed by atoms with E-state index in [2.05, 4.69) is 20.1 Å². The highest BCUT2D eigenvalue weighted by Crippen LogP contribution is 2.39. The van der Waals surface area contributed by atoms with Gasteiger partial charge in [-0.15, -0.1) is 24.0 Å². The summed E-state index contributed by atoms with van der Waals surface area (Å²) in [6.45, 7) is 3.71. The number of hydrogen-bond donors (Lipinski definition) is 1. The van der Waals surface area contributed by atoms with Crippen LogP contribution in [0.2, 0.25) is 0 Å². The van der Waals surface area contributed by atoms with Gasteiger partial charge in [-0.3, -0.25) is 4.99 Å². The van der Waals surface area contributed by atoms with Crippen molar-refractivity contribution in [3.05, 3.63) is 47.8 Å². The van der Waals surface area contributed by atoms with E-state index in [0.29, 0.717) is 29.5 Å². The third-order valence-corrected chi connectivity index (χ3v) is 5.45. The molecule has 1 saturated heterocycles. The molecule has 3 rings (SSSR count). The SMILES string of the molecule is CN=C(NCCc1ccc(OC)c(OC)c1OC)N1CCN(c2ccccc2F)CC1.I. The Kier molecular flexibility index (Phi) is 10.1. The van der Waals surface area contributed by atoms with Gasteiger partial charge in [0.05, 0.1) is 27.0 Å². The molecule has 0 bridgehead atoms. The Balaban J connectivity index is 0.00000363. The first kappa shape index (κ1) is 25.8. The average molecular weight is 558 g/mol. The van der Waals surface area contributed by atoms with Crippen LogP contribution in [0.3, 0.4) is 0 Å². The highest BCUT2D eigenvalue weighted by atomic mass is 127. The molecule has 32 heavy (non-hydrogen) atoms. The van der Waals surface area contributed by atoms with Crippen LogP contribution >= 0.6 is 24.0 Å². The third-order valence-electron chi connectivity index (χ3n) is 5.45. The molecule has 0 aromatic heterocycles. The van der Waals surface area contributed by atoms with Gasteiger partial charge in [0.25, 0.3) is 0 Å². The Morgan fingerprint density at radius 2 is 1.66 bits per heavy atom. The maximum Gasteiger partial charge on any atom is 0.203 e. The molecule has 1 aliphatic rings. The number of para-hydroxylation sites is 1. The van der Waals surface area contributed by atoms with E-state index in [-0.39, 0.29) is 29.8 Å². The van der Waals surface area contributed by atoms with Gasteiger partial charge in [0, 0.05) is 45.3 Å². The zero-order valence-corrected chi connectivity index (χ0v) is 21.4. The zero-order valence-electron chi connectivity index (χ0n) is 19.1. The molecule has 0 spiro atoms. The van der Waals surface area contributed by atoms with Gasteiger partial charge in [0.2, 0.25) is 5.75 Å². The highest BCUT2D eigenvalue weighted by molar-refractivity contribution is 14.0. The number of piperazine rings is 1. The van der Waals surface area contributed by atoms with Crippen molar-refractivity contribution in [2.24, 2.45) is 4.99 Å². The van der Waals surface area contributed by atoms with Crippen molar-refractivity contribution in [2.75, 3.05) is 66.0 Å². The molecule has 0 radical (unpaired) electrons. The van der Waals surface area contributed by atoms with Crippen molar-refractivity contribution in [3.63, 3.8) is 0 Å². The van der Waals surface area contributed by atoms with Crippen molar-refractivity contribution in [3.8, 4) is 17.2 Å². The van der Waals surface area contributed by atoms with Crippen molar-refractivity contribution >= 4 is 35.6 Å². The number of rotatable bonds is 7. The number of anilines is 1. The number of aliphatic imine (C=N–C) groups is 1. The predicted octanol–water partition coefficient (Wildman–Crippen LogP) is 3.41. The molecule has 2 aromatic rings. The summed E-state index contributed by atoms with van der Waals surface area (Å²) in [5.41, 5.74) is 1.68. The molecular weight excluding hydrogens is 526 g/mol. The van der Waals surface area contributed by atoms with Crippen LogP contribution in [0.15, 0.2) is 41.4 Å². The number of guanidine groups is 1. The van der Waals surface area contributed by atoms with Gasteiger partial charge in [-0.2, -0.15) is 0 Å². The highest BCUT2D eigenvalue weighted by Gasteiger charge is 2.21. The molecule has 0 saturated carbocycles. The summed E-state index contributed by atoms with van der Waals surface area (Å²) < 4.78 is 30.4. The van der Waals surface area contributed by atoms with E-state index in [0.717, 1.165) is 44.1 Å². The maximum atomic E-state index is 14.1. The first-order valence-electron chi connectivity index (χ1n) is 10.4. The summed E-state index contributed by atoms with van der Waals surface area (Å²) in [4.78, 5) is 8.70. The predicted molar refractivity (Wildman–Crippen MR) is 137 cm³/mol. The minimum atomic E-state index is -0.178. The fraction of sp³-hybridized carbons (Fsp3) is 0.435. The summed E-state index contributed by atoms with van der Waals surface area (Å²) in [5.74, 6) is 2.57. The first-order chi connectivity index (χ1) is 15.1. The molecule has 7 nitrogen and oxygen atoms in total. The molecule has 176 valence electrons. The Bertz CT molecular complexity index is 905. The number of methoxy groups -OCH3 is 3. The van der Waals surface area contributed by atoms with E-state index in [1.54, 1.807) is 34.4 Å². The van der Waals surface area contributed by atoms with Crippen LogP contribution in [0.25, 0.3) is 0 Å². The Hall–Kier alpha value is -2.43. The van der Waals surface area contributed by atoms with Crippen LogP contribution in [-0.4, -0.2) is 72.0 Å². The fourth-order valence-electron chi connectivity index (χ4n) is 3.87.